The molecule has 0 saturated heterocycles. The Balaban J connectivity index is 0. The van der Waals surface area contributed by atoms with Gasteiger partial charge < -0.3 is 5.48 Å². The van der Waals surface area contributed by atoms with Crippen molar-refractivity contribution in [2.45, 2.75) is 0 Å². The molecular weight excluding hydrogens is 466 g/mol. The van der Waals surface area contributed by atoms with Crippen LogP contribution in [0, 0.1) is 0 Å². The molecule has 0 aromatic heterocycles. The molecule has 0 aliphatic rings. The number of hydrogen-bond donors (Lipinski definition) is 0. The van der Waals surface area contributed by atoms with E-state index in [-0.39, 0.29) is 123 Å². The van der Waals surface area contributed by atoms with Crippen LogP contribution in [-0.2, 0) is 22.4 Å². The molecule has 0 aromatic rings. The third kappa shape index (κ3) is 9.16. The minimum absolute atomic E-state index is 0. The average Bonchev–Trinajstić information content (AvgIpc) is 0. The van der Waals surface area contributed by atoms with Gasteiger partial charge in [-0.2, -0.15) is 0 Å². The predicted molar refractivity (Wildman–Crippen MR) is 15.1 cm³/mol. The Bertz CT molecular complexity index is 8.00. The smallest absolute Gasteiger partial charge is 0 e. The van der Waals surface area contributed by atoms with Crippen LogP contribution >= 0.6 is 0 Å². The van der Waals surface area contributed by atoms with Gasteiger partial charge in [0, 0.05) is 117 Å². The molecule has 0 aromatic carbocycles. The van der Waals surface area contributed by atoms with Gasteiger partial charge in [0.2, 0.25) is 0 Å². The zero-order valence-electron chi connectivity index (χ0n) is 2.25. The Morgan fingerprint density at radius 2 is 1.00 bits per heavy atom. The molecule has 1 nitrogen and oxygen atoms in total. The number of rotatable bonds is 0. The summed E-state index contributed by atoms with van der Waals surface area (Å²) in [6.07, 6.45) is 0. The third-order valence-electron chi connectivity index (χ3n) is 0. The van der Waals surface area contributed by atoms with E-state index in [0.717, 1.165) is 0 Å². The van der Waals surface area contributed by atoms with Gasteiger partial charge in [-0.15, -0.1) is 0 Å². The Hall–Kier alpha value is 3.64. The molecule has 25 valence electrons. The fraction of sp³-hybridized carbons (Fsp3) is 0. The van der Waals surface area contributed by atoms with Crippen LogP contribution in [0.25, 0.3) is 0 Å². The van der Waals surface area contributed by atoms with E-state index in [2.05, 4.69) is 0 Å². The maximum atomic E-state index is 0. The van der Waals surface area contributed by atoms with Crippen molar-refractivity contribution in [3.63, 3.8) is 0 Å². The third-order valence-corrected chi connectivity index (χ3v) is 0. The summed E-state index contributed by atoms with van der Waals surface area (Å²) >= 11 is 0. The molecule has 0 spiro atoms. The summed E-state index contributed by atoms with van der Waals surface area (Å²) < 4.78 is 0. The van der Waals surface area contributed by atoms with E-state index in [1.165, 1.54) is 0 Å². The molecule has 0 atom stereocenters. The molecule has 0 heterocycles. The van der Waals surface area contributed by atoms with Gasteiger partial charge in [-0.3, -0.25) is 0 Å². The van der Waals surface area contributed by atoms with Gasteiger partial charge in [0.25, 0.3) is 0 Å². The summed E-state index contributed by atoms with van der Waals surface area (Å²) in [5.74, 6) is 0. The summed E-state index contributed by atoms with van der Waals surface area (Å²) in [5, 5.41) is 0. The maximum absolute atomic E-state index is 0. The molecule has 0 bridgehead atoms. The maximum Gasteiger partial charge on any atom is 0 e. The molecule has 0 unspecified atom stereocenters. The molecule has 0 aliphatic heterocycles. The van der Waals surface area contributed by atoms with Crippen molar-refractivity contribution in [3.05, 3.63) is 0 Å². The van der Waals surface area contributed by atoms with E-state index in [4.69, 9.17) is 0 Å². The van der Waals surface area contributed by atoms with Crippen LogP contribution in [-0.4, -0.2) is 101 Å². The average molecular weight is 468 g/mol. The van der Waals surface area contributed by atoms with Gasteiger partial charge in [-0.25, -0.2) is 0 Å². The molecule has 0 aliphatic carbocycles. The minimum atomic E-state index is 0. The van der Waals surface area contributed by atoms with Crippen molar-refractivity contribution >= 4 is 95.1 Å². The van der Waals surface area contributed by atoms with Crippen molar-refractivity contribution in [1.29, 1.82) is 0 Å². The summed E-state index contributed by atoms with van der Waals surface area (Å²) in [5.41, 5.74) is 0. The van der Waals surface area contributed by atoms with Gasteiger partial charge in [0.1, 0.15) is 0 Å². The van der Waals surface area contributed by atoms with Crippen molar-refractivity contribution in [1.82, 2.24) is 0 Å². The van der Waals surface area contributed by atoms with Crippen molar-refractivity contribution < 1.29 is 27.9 Å². The molecule has 4 heteroatoms. The Morgan fingerprint density at radius 1 is 1.00 bits per heavy atom. The first kappa shape index (κ1) is 25.4. The second-order valence-corrected chi connectivity index (χ2v) is 0. The molecule has 4 heavy (non-hydrogen) atoms. The van der Waals surface area contributed by atoms with Crippen LogP contribution in [0.1, 0.15) is 0 Å². The van der Waals surface area contributed by atoms with Crippen LogP contribution in [0.3, 0.4) is 0 Å². The van der Waals surface area contributed by atoms with Gasteiger partial charge in [-0.1, -0.05) is 0 Å². The SMILES string of the molecule is O.[Ag].[Bi].[Cs]. The van der Waals surface area contributed by atoms with Crippen LogP contribution in [0.2, 0.25) is 0 Å². The minimum Gasteiger partial charge on any atom is -0.412 e. The second kappa shape index (κ2) is 15.9. The van der Waals surface area contributed by atoms with E-state index < -0.39 is 0 Å². The first-order valence-electron chi connectivity index (χ1n) is 0. The van der Waals surface area contributed by atoms with Crippen molar-refractivity contribution in [2.75, 3.05) is 0 Å². The largest absolute Gasteiger partial charge is 0.412 e. The second-order valence-electron chi connectivity index (χ2n) is 0. The quantitative estimate of drug-likeness (QED) is 0.385. The summed E-state index contributed by atoms with van der Waals surface area (Å²) in [7, 11) is 0. The van der Waals surface area contributed by atoms with Gasteiger partial charge in [0.15, 0.2) is 0 Å². The summed E-state index contributed by atoms with van der Waals surface area (Å²) in [4.78, 5) is 0. The van der Waals surface area contributed by atoms with Crippen LogP contribution in [0.4, 0.5) is 0 Å². The van der Waals surface area contributed by atoms with Gasteiger partial charge in [0.05, 0.1) is 0 Å². The fourth-order valence-corrected chi connectivity index (χ4v) is 0. The predicted octanol–water partition coefficient (Wildman–Crippen LogP) is -1.59. The fourth-order valence-electron chi connectivity index (χ4n) is 0. The Kier molecular flexibility index (Phi) is 101. The van der Waals surface area contributed by atoms with Crippen LogP contribution in [0.15, 0.2) is 0 Å². The normalized spacial score (nSPS) is 0. The van der Waals surface area contributed by atoms with Gasteiger partial charge >= 0.3 is 0 Å². The topological polar surface area (TPSA) is 31.5 Å². The van der Waals surface area contributed by atoms with Crippen molar-refractivity contribution in [2.24, 2.45) is 0 Å². The Morgan fingerprint density at radius 3 is 1.00 bits per heavy atom. The zero-order valence-corrected chi connectivity index (χ0v) is 13.5. The standard InChI is InChI=1S/Ag.Bi.Cs.H2O/h;;;1H2. The molecule has 0 rings (SSSR count). The summed E-state index contributed by atoms with van der Waals surface area (Å²) in [6.45, 7) is 0. The number of hydrogen-bond acceptors (Lipinski definition) is 0. The summed E-state index contributed by atoms with van der Waals surface area (Å²) in [6, 6.07) is 0. The first-order valence-corrected chi connectivity index (χ1v) is 0. The Labute approximate surface area is 119 Å². The van der Waals surface area contributed by atoms with E-state index in [9.17, 15) is 0 Å². The molecule has 0 saturated carbocycles. The molecule has 0 amide bonds. The van der Waals surface area contributed by atoms with E-state index in [1.807, 2.05) is 0 Å². The van der Waals surface area contributed by atoms with Crippen LogP contribution in [0.5, 0.6) is 0 Å². The van der Waals surface area contributed by atoms with E-state index in [0.29, 0.717) is 0 Å². The molecule has 0 fully saturated rings. The molecule has 5 radical (unpaired) electrons. The van der Waals surface area contributed by atoms with Gasteiger partial charge in [-0.05, 0) is 0 Å². The monoisotopic (exact) mass is 467 g/mol. The van der Waals surface area contributed by atoms with Crippen LogP contribution < -0.4 is 0 Å². The van der Waals surface area contributed by atoms with E-state index in [1.54, 1.807) is 0 Å². The zero-order chi connectivity index (χ0) is 0. The van der Waals surface area contributed by atoms with E-state index >= 15 is 0 Å². The molecule has 2 N–H and O–H groups in total. The van der Waals surface area contributed by atoms with Crippen molar-refractivity contribution in [3.8, 4) is 0 Å². The molecular formula is H2AgBiCsO. The first-order chi connectivity index (χ1) is 0.